The fraction of sp³-hybridized carbons (Fsp3) is 0.500. The number of piperidine rings is 1. The van der Waals surface area contributed by atoms with Gasteiger partial charge in [-0.2, -0.15) is 5.10 Å². The summed E-state index contributed by atoms with van der Waals surface area (Å²) in [4.78, 5) is 17.0. The minimum absolute atomic E-state index is 0.121. The molecule has 138 valence electrons. The molecule has 6 heteroatoms. The molecule has 2 aliphatic rings. The average Bonchev–Trinajstić information content (AvgIpc) is 3.19. The lowest BCUT2D eigenvalue weighted by atomic mass is 10.1. The van der Waals surface area contributed by atoms with Gasteiger partial charge in [-0.3, -0.25) is 14.4 Å². The van der Waals surface area contributed by atoms with Crippen LogP contribution in [0.2, 0.25) is 0 Å². The zero-order valence-electron chi connectivity index (χ0n) is 15.5. The van der Waals surface area contributed by atoms with E-state index < -0.39 is 0 Å². The van der Waals surface area contributed by atoms with Gasteiger partial charge in [0.25, 0.3) is 5.91 Å². The number of aromatic nitrogens is 2. The maximum atomic E-state index is 13.8. The van der Waals surface area contributed by atoms with E-state index in [1.54, 1.807) is 24.0 Å². The summed E-state index contributed by atoms with van der Waals surface area (Å²) in [6.07, 6.45) is 3.81. The van der Waals surface area contributed by atoms with E-state index in [0.717, 1.165) is 31.0 Å². The number of benzene rings is 1. The van der Waals surface area contributed by atoms with E-state index in [0.29, 0.717) is 24.2 Å². The molecule has 0 saturated carbocycles. The third-order valence-corrected chi connectivity index (χ3v) is 5.58. The molecular formula is C20H25FN4O. The molecule has 0 radical (unpaired) electrons. The fourth-order valence-corrected chi connectivity index (χ4v) is 3.98. The summed E-state index contributed by atoms with van der Waals surface area (Å²) >= 11 is 0. The zero-order valence-corrected chi connectivity index (χ0v) is 15.5. The number of hydrogen-bond acceptors (Lipinski definition) is 3. The highest BCUT2D eigenvalue weighted by Gasteiger charge is 2.31. The molecule has 0 aliphatic carbocycles. The number of fused-ring (bicyclic) bond motifs is 1. The summed E-state index contributed by atoms with van der Waals surface area (Å²) in [5, 5.41) is 4.70. The number of carbonyl (C=O) groups excluding carboxylic acids is 1. The Labute approximate surface area is 153 Å². The maximum Gasteiger partial charge on any atom is 0.254 e. The van der Waals surface area contributed by atoms with Crippen LogP contribution in [0.1, 0.15) is 52.1 Å². The van der Waals surface area contributed by atoms with Gasteiger partial charge in [-0.15, -0.1) is 0 Å². The van der Waals surface area contributed by atoms with Crippen LogP contribution in [0.25, 0.3) is 0 Å². The molecule has 26 heavy (non-hydrogen) atoms. The van der Waals surface area contributed by atoms with Crippen LogP contribution in [-0.4, -0.2) is 38.6 Å². The smallest absolute Gasteiger partial charge is 0.254 e. The number of hydrogen-bond donors (Lipinski definition) is 0. The van der Waals surface area contributed by atoms with Gasteiger partial charge in [0.05, 0.1) is 24.5 Å². The molecule has 3 heterocycles. The molecule has 1 aromatic carbocycles. The summed E-state index contributed by atoms with van der Waals surface area (Å²) in [7, 11) is 1.94. The second kappa shape index (κ2) is 6.83. The van der Waals surface area contributed by atoms with Crippen LogP contribution >= 0.6 is 0 Å². The fourth-order valence-electron chi connectivity index (χ4n) is 3.98. The maximum absolute atomic E-state index is 13.8. The molecule has 5 nitrogen and oxygen atoms in total. The Bertz CT molecular complexity index is 839. The molecule has 0 atom stereocenters. The first kappa shape index (κ1) is 17.2. The number of carbonyl (C=O) groups is 1. The highest BCUT2D eigenvalue weighted by Crippen LogP contribution is 2.28. The summed E-state index contributed by atoms with van der Waals surface area (Å²) in [5.74, 6) is -0.455. The monoisotopic (exact) mass is 356 g/mol. The van der Waals surface area contributed by atoms with Crippen LogP contribution in [0.15, 0.2) is 18.2 Å². The molecule has 0 N–H and O–H groups in total. The van der Waals surface area contributed by atoms with Crippen molar-refractivity contribution in [2.75, 3.05) is 13.1 Å². The summed E-state index contributed by atoms with van der Waals surface area (Å²) in [5.41, 5.74) is 4.30. The minimum atomic E-state index is -0.333. The molecular weight excluding hydrogens is 331 g/mol. The van der Waals surface area contributed by atoms with E-state index in [1.807, 2.05) is 11.7 Å². The Balaban J connectivity index is 1.52. The zero-order chi connectivity index (χ0) is 18.3. The molecule has 2 aliphatic heterocycles. The Morgan fingerprint density at radius 3 is 2.69 bits per heavy atom. The minimum Gasteiger partial charge on any atom is -0.328 e. The lowest BCUT2D eigenvalue weighted by molar-refractivity contribution is 0.0747. The predicted molar refractivity (Wildman–Crippen MR) is 97.1 cm³/mol. The second-order valence-electron chi connectivity index (χ2n) is 7.46. The summed E-state index contributed by atoms with van der Waals surface area (Å²) in [6.45, 7) is 5.89. The standard InChI is InChI=1S/C20H25FN4O/c1-14-6-7-15(10-17(14)21)20(26)25-11-16-18(22-23(2)19(16)13-25)12-24-8-4-3-5-9-24/h6-7,10H,3-5,8-9,11-13H2,1-2H3. The second-order valence-corrected chi connectivity index (χ2v) is 7.46. The highest BCUT2D eigenvalue weighted by molar-refractivity contribution is 5.94. The molecule has 0 bridgehead atoms. The Hall–Kier alpha value is -2.21. The van der Waals surface area contributed by atoms with E-state index >= 15 is 0 Å². The Morgan fingerprint density at radius 2 is 1.96 bits per heavy atom. The van der Waals surface area contributed by atoms with Crippen LogP contribution in [0, 0.1) is 12.7 Å². The van der Waals surface area contributed by atoms with Gasteiger partial charge in [-0.25, -0.2) is 4.39 Å². The van der Waals surface area contributed by atoms with Crippen molar-refractivity contribution in [1.29, 1.82) is 0 Å². The molecule has 1 saturated heterocycles. The van der Waals surface area contributed by atoms with Crippen molar-refractivity contribution in [2.24, 2.45) is 7.05 Å². The van der Waals surface area contributed by atoms with E-state index in [9.17, 15) is 9.18 Å². The number of likely N-dealkylation sites (tertiary alicyclic amines) is 1. The Morgan fingerprint density at radius 1 is 1.19 bits per heavy atom. The van der Waals surface area contributed by atoms with Gasteiger partial charge in [0.15, 0.2) is 0 Å². The first-order valence-electron chi connectivity index (χ1n) is 9.34. The van der Waals surface area contributed by atoms with Crippen LogP contribution < -0.4 is 0 Å². The lowest BCUT2D eigenvalue weighted by Crippen LogP contribution is -2.30. The molecule has 1 aromatic heterocycles. The normalized spacial score (nSPS) is 17.6. The number of aryl methyl sites for hydroxylation is 2. The highest BCUT2D eigenvalue weighted by atomic mass is 19.1. The Kier molecular flexibility index (Phi) is 4.53. The van der Waals surface area contributed by atoms with Gasteiger partial charge < -0.3 is 4.90 Å². The quantitative estimate of drug-likeness (QED) is 0.849. The van der Waals surface area contributed by atoms with Crippen molar-refractivity contribution in [3.05, 3.63) is 52.1 Å². The van der Waals surface area contributed by atoms with E-state index in [1.165, 1.54) is 30.9 Å². The van der Waals surface area contributed by atoms with Gasteiger partial charge in [-0.05, 0) is 50.6 Å². The number of rotatable bonds is 3. The third kappa shape index (κ3) is 3.14. The van der Waals surface area contributed by atoms with Gasteiger partial charge >= 0.3 is 0 Å². The summed E-state index contributed by atoms with van der Waals surface area (Å²) in [6, 6.07) is 4.71. The number of nitrogens with zero attached hydrogens (tertiary/aromatic N) is 4. The van der Waals surface area contributed by atoms with Crippen molar-refractivity contribution < 1.29 is 9.18 Å². The number of amides is 1. The average molecular weight is 356 g/mol. The van der Waals surface area contributed by atoms with E-state index in [-0.39, 0.29) is 11.7 Å². The largest absolute Gasteiger partial charge is 0.328 e. The van der Waals surface area contributed by atoms with Crippen molar-refractivity contribution >= 4 is 5.91 Å². The summed E-state index contributed by atoms with van der Waals surface area (Å²) < 4.78 is 15.7. The predicted octanol–water partition coefficient (Wildman–Crippen LogP) is 3.01. The van der Waals surface area contributed by atoms with Crippen LogP contribution in [0.3, 0.4) is 0 Å². The SMILES string of the molecule is Cc1ccc(C(=O)N2Cc3c(CN4CCCCC4)nn(C)c3C2)cc1F. The van der Waals surface area contributed by atoms with Crippen LogP contribution in [0.4, 0.5) is 4.39 Å². The molecule has 0 spiro atoms. The van der Waals surface area contributed by atoms with E-state index in [2.05, 4.69) is 4.90 Å². The topological polar surface area (TPSA) is 41.4 Å². The van der Waals surface area contributed by atoms with Crippen LogP contribution in [-0.2, 0) is 26.7 Å². The van der Waals surface area contributed by atoms with Crippen molar-refractivity contribution in [2.45, 2.75) is 45.8 Å². The van der Waals surface area contributed by atoms with Crippen molar-refractivity contribution in [3.63, 3.8) is 0 Å². The first-order valence-corrected chi connectivity index (χ1v) is 9.34. The van der Waals surface area contributed by atoms with Crippen LogP contribution in [0.5, 0.6) is 0 Å². The third-order valence-electron chi connectivity index (χ3n) is 5.58. The first-order chi connectivity index (χ1) is 12.5. The van der Waals surface area contributed by atoms with Crippen molar-refractivity contribution in [1.82, 2.24) is 19.6 Å². The van der Waals surface area contributed by atoms with Crippen molar-refractivity contribution in [3.8, 4) is 0 Å². The molecule has 2 aromatic rings. The lowest BCUT2D eigenvalue weighted by Gasteiger charge is -2.26. The van der Waals surface area contributed by atoms with Gasteiger partial charge in [0.2, 0.25) is 0 Å². The number of halogens is 1. The van der Waals surface area contributed by atoms with Gasteiger partial charge in [0.1, 0.15) is 5.82 Å². The van der Waals surface area contributed by atoms with Gasteiger partial charge in [0, 0.05) is 24.7 Å². The van der Waals surface area contributed by atoms with E-state index in [4.69, 9.17) is 5.10 Å². The molecule has 1 fully saturated rings. The van der Waals surface area contributed by atoms with Gasteiger partial charge in [-0.1, -0.05) is 12.5 Å². The molecule has 1 amide bonds. The molecule has 0 unspecified atom stereocenters. The molecule has 4 rings (SSSR count).